The summed E-state index contributed by atoms with van der Waals surface area (Å²) in [7, 11) is 0. The molecule has 1 saturated carbocycles. The number of rotatable bonds is 3. The van der Waals surface area contributed by atoms with Crippen LogP contribution in [0.2, 0.25) is 0 Å². The van der Waals surface area contributed by atoms with E-state index in [4.69, 9.17) is 4.74 Å². The van der Waals surface area contributed by atoms with Gasteiger partial charge >= 0.3 is 6.09 Å². The Morgan fingerprint density at radius 1 is 1.17 bits per heavy atom. The summed E-state index contributed by atoms with van der Waals surface area (Å²) < 4.78 is 5.96. The number of carbonyl (C=O) groups excluding carboxylic acids is 1. The lowest BCUT2D eigenvalue weighted by atomic mass is 9.79. The molecule has 2 aliphatic rings. The van der Waals surface area contributed by atoms with Crippen LogP contribution in [-0.4, -0.2) is 39.8 Å². The van der Waals surface area contributed by atoms with Crippen LogP contribution in [-0.2, 0) is 9.53 Å². The molecule has 0 aromatic heterocycles. The van der Waals surface area contributed by atoms with E-state index in [1.54, 1.807) is 13.8 Å². The number of amides is 1. The van der Waals surface area contributed by atoms with Gasteiger partial charge in [-0.15, -0.1) is 0 Å². The first-order chi connectivity index (χ1) is 10.5. The molecule has 23 heavy (non-hydrogen) atoms. The molecule has 5 heteroatoms. The largest absolute Gasteiger partial charge is 0.465 e. The SMILES string of the molecule is CC(C)(C)C(=O)[C@@H]1OC(C)(C)N(C(=O)O)[C@H]1CC1CCCCC1. The highest BCUT2D eigenvalue weighted by molar-refractivity contribution is 5.89. The second kappa shape index (κ2) is 6.42. The average molecular weight is 325 g/mol. The second-order valence-corrected chi connectivity index (χ2v) is 8.56. The summed E-state index contributed by atoms with van der Waals surface area (Å²) in [5.74, 6) is 0.485. The van der Waals surface area contributed by atoms with Gasteiger partial charge in [-0.1, -0.05) is 52.9 Å². The number of Topliss-reactive ketones (excluding diaryl/α,β-unsaturated/α-hetero) is 1. The highest BCUT2D eigenvalue weighted by Crippen LogP contribution is 2.40. The number of carboxylic acid groups (broad SMARTS) is 1. The van der Waals surface area contributed by atoms with Gasteiger partial charge in [-0.25, -0.2) is 4.79 Å². The second-order valence-electron chi connectivity index (χ2n) is 8.56. The molecule has 1 aliphatic carbocycles. The van der Waals surface area contributed by atoms with E-state index < -0.39 is 23.3 Å². The Hall–Kier alpha value is -1.10. The van der Waals surface area contributed by atoms with E-state index in [2.05, 4.69) is 0 Å². The molecule has 1 saturated heterocycles. The van der Waals surface area contributed by atoms with E-state index in [1.165, 1.54) is 24.2 Å². The summed E-state index contributed by atoms with van der Waals surface area (Å²) in [6.45, 7) is 9.09. The normalized spacial score (nSPS) is 28.8. The minimum absolute atomic E-state index is 0.00451. The highest BCUT2D eigenvalue weighted by atomic mass is 16.6. The lowest BCUT2D eigenvalue weighted by molar-refractivity contribution is -0.143. The maximum absolute atomic E-state index is 12.8. The minimum Gasteiger partial charge on any atom is -0.465 e. The van der Waals surface area contributed by atoms with Crippen molar-refractivity contribution >= 4 is 11.9 Å². The fraction of sp³-hybridized carbons (Fsp3) is 0.889. The van der Waals surface area contributed by atoms with Gasteiger partial charge in [0.25, 0.3) is 0 Å². The van der Waals surface area contributed by atoms with Crippen molar-refractivity contribution in [3.63, 3.8) is 0 Å². The zero-order chi connectivity index (χ0) is 17.4. The van der Waals surface area contributed by atoms with Gasteiger partial charge in [-0.05, 0) is 26.2 Å². The van der Waals surface area contributed by atoms with Crippen molar-refractivity contribution in [1.82, 2.24) is 4.90 Å². The molecule has 1 heterocycles. The summed E-state index contributed by atoms with van der Waals surface area (Å²) >= 11 is 0. The highest BCUT2D eigenvalue weighted by Gasteiger charge is 2.54. The van der Waals surface area contributed by atoms with Crippen molar-refractivity contribution in [3.8, 4) is 0 Å². The van der Waals surface area contributed by atoms with E-state index >= 15 is 0 Å². The Morgan fingerprint density at radius 2 is 1.74 bits per heavy atom. The van der Waals surface area contributed by atoms with Gasteiger partial charge in [-0.2, -0.15) is 0 Å². The topological polar surface area (TPSA) is 66.8 Å². The van der Waals surface area contributed by atoms with Gasteiger partial charge < -0.3 is 9.84 Å². The minimum atomic E-state index is -1.000. The first-order valence-corrected chi connectivity index (χ1v) is 8.78. The third kappa shape index (κ3) is 3.87. The van der Waals surface area contributed by atoms with Gasteiger partial charge in [-0.3, -0.25) is 9.69 Å². The summed E-state index contributed by atoms with van der Waals surface area (Å²) in [6, 6.07) is -0.377. The number of hydrogen-bond acceptors (Lipinski definition) is 3. The van der Waals surface area contributed by atoms with Crippen molar-refractivity contribution in [2.75, 3.05) is 0 Å². The Bertz CT molecular complexity index is 460. The van der Waals surface area contributed by atoms with Crippen LogP contribution in [0.4, 0.5) is 4.79 Å². The molecule has 2 fully saturated rings. The van der Waals surface area contributed by atoms with Crippen molar-refractivity contribution < 1.29 is 19.4 Å². The molecule has 0 aromatic carbocycles. The molecule has 5 nitrogen and oxygen atoms in total. The summed E-state index contributed by atoms with van der Waals surface area (Å²) in [5, 5.41) is 9.69. The third-order valence-corrected chi connectivity index (χ3v) is 5.18. The molecule has 2 rings (SSSR count). The molecule has 0 unspecified atom stereocenters. The predicted octanol–water partition coefficient (Wildman–Crippen LogP) is 4.06. The lowest BCUT2D eigenvalue weighted by Gasteiger charge is -2.34. The molecule has 132 valence electrons. The van der Waals surface area contributed by atoms with Gasteiger partial charge in [0.2, 0.25) is 0 Å². The van der Waals surface area contributed by atoms with Crippen LogP contribution in [0.1, 0.15) is 73.1 Å². The van der Waals surface area contributed by atoms with Gasteiger partial charge in [0.1, 0.15) is 11.8 Å². The summed E-state index contributed by atoms with van der Waals surface area (Å²) in [5.41, 5.74) is -1.50. The Kier molecular flexibility index (Phi) is 5.09. The zero-order valence-corrected chi connectivity index (χ0v) is 15.1. The predicted molar refractivity (Wildman–Crippen MR) is 88.3 cm³/mol. The molecule has 2 atom stereocenters. The Morgan fingerprint density at radius 3 is 2.22 bits per heavy atom. The molecular formula is C18H31NO4. The third-order valence-electron chi connectivity index (χ3n) is 5.18. The lowest BCUT2D eigenvalue weighted by Crippen LogP contribution is -2.49. The smallest absolute Gasteiger partial charge is 0.409 e. The van der Waals surface area contributed by atoms with E-state index in [0.29, 0.717) is 5.92 Å². The zero-order valence-electron chi connectivity index (χ0n) is 15.1. The molecule has 1 aliphatic heterocycles. The van der Waals surface area contributed by atoms with Gasteiger partial charge in [0.05, 0.1) is 6.04 Å². The van der Waals surface area contributed by atoms with Gasteiger partial charge in [0, 0.05) is 5.41 Å². The molecule has 0 aromatic rings. The molecular weight excluding hydrogens is 294 g/mol. The number of nitrogens with zero attached hydrogens (tertiary/aromatic N) is 1. The van der Waals surface area contributed by atoms with Gasteiger partial charge in [0.15, 0.2) is 5.78 Å². The van der Waals surface area contributed by atoms with Crippen LogP contribution in [0.25, 0.3) is 0 Å². The quantitative estimate of drug-likeness (QED) is 0.850. The molecule has 0 bridgehead atoms. The number of carbonyl (C=O) groups is 2. The van der Waals surface area contributed by atoms with Crippen LogP contribution >= 0.6 is 0 Å². The van der Waals surface area contributed by atoms with E-state index in [-0.39, 0.29) is 11.8 Å². The van der Waals surface area contributed by atoms with Crippen LogP contribution in [0.3, 0.4) is 0 Å². The fourth-order valence-corrected chi connectivity index (χ4v) is 4.00. The van der Waals surface area contributed by atoms with Crippen molar-refractivity contribution in [2.24, 2.45) is 11.3 Å². The molecule has 0 spiro atoms. The van der Waals surface area contributed by atoms with Crippen LogP contribution < -0.4 is 0 Å². The standard InChI is InChI=1S/C18H31NO4/c1-17(2,3)15(20)14-13(11-12-9-7-6-8-10-12)19(16(21)22)18(4,5)23-14/h12-14H,6-11H2,1-5H3,(H,21,22)/t13-,14+/m0/s1. The number of ether oxygens (including phenoxy) is 1. The first kappa shape index (κ1) is 18.2. The summed E-state index contributed by atoms with van der Waals surface area (Å²) in [4.78, 5) is 26.0. The van der Waals surface area contributed by atoms with E-state index in [1.807, 2.05) is 20.8 Å². The Balaban J connectivity index is 2.27. The Labute approximate surface area is 139 Å². The van der Waals surface area contributed by atoms with Crippen molar-refractivity contribution in [1.29, 1.82) is 0 Å². The average Bonchev–Trinajstić information content (AvgIpc) is 2.69. The maximum atomic E-state index is 12.8. The van der Waals surface area contributed by atoms with E-state index in [9.17, 15) is 14.7 Å². The monoisotopic (exact) mass is 325 g/mol. The van der Waals surface area contributed by atoms with E-state index in [0.717, 1.165) is 19.3 Å². The molecule has 1 N–H and O–H groups in total. The van der Waals surface area contributed by atoms with Crippen molar-refractivity contribution in [2.45, 2.75) is 91.0 Å². The maximum Gasteiger partial charge on any atom is 0.409 e. The number of hydrogen-bond donors (Lipinski definition) is 1. The van der Waals surface area contributed by atoms with Crippen LogP contribution in [0.5, 0.6) is 0 Å². The van der Waals surface area contributed by atoms with Crippen LogP contribution in [0, 0.1) is 11.3 Å². The van der Waals surface area contributed by atoms with Crippen LogP contribution in [0.15, 0.2) is 0 Å². The summed E-state index contributed by atoms with van der Waals surface area (Å²) in [6.07, 6.45) is 4.97. The first-order valence-electron chi connectivity index (χ1n) is 8.78. The molecule has 1 amide bonds. The van der Waals surface area contributed by atoms with Crippen molar-refractivity contribution in [3.05, 3.63) is 0 Å². The fourth-order valence-electron chi connectivity index (χ4n) is 4.00. The molecule has 0 radical (unpaired) electrons. The number of ketones is 1.